The van der Waals surface area contributed by atoms with Crippen molar-refractivity contribution in [1.29, 1.82) is 0 Å². The molecule has 1 N–H and O–H groups in total. The van der Waals surface area contributed by atoms with E-state index in [1.807, 2.05) is 24.3 Å². The van der Waals surface area contributed by atoms with Crippen molar-refractivity contribution >= 4 is 47.0 Å². The molecule has 1 amide bonds. The zero-order valence-electron chi connectivity index (χ0n) is 16.9. The summed E-state index contributed by atoms with van der Waals surface area (Å²) in [5.74, 6) is -0.712. The van der Waals surface area contributed by atoms with Crippen LogP contribution in [0.1, 0.15) is 25.7 Å². The number of allylic oxidation sites excluding steroid dienone is 7. The van der Waals surface area contributed by atoms with Gasteiger partial charge in [-0.1, -0.05) is 24.3 Å². The highest BCUT2D eigenvalue weighted by Gasteiger charge is 2.45. The fourth-order valence-corrected chi connectivity index (χ4v) is 6.04. The number of nitrogens with zero attached hydrogens (tertiary/aromatic N) is 1. The van der Waals surface area contributed by atoms with Gasteiger partial charge in [-0.2, -0.15) is 0 Å². The number of ketones is 2. The maximum atomic E-state index is 12.7. The normalized spacial score (nSPS) is 22.6. The Labute approximate surface area is 188 Å². The summed E-state index contributed by atoms with van der Waals surface area (Å²) in [6.07, 6.45) is 9.63. The monoisotopic (exact) mass is 461 g/mol. The first kappa shape index (κ1) is 22.0. The summed E-state index contributed by atoms with van der Waals surface area (Å²) >= 11 is 2.50. The number of piperidine rings is 1. The first-order valence-corrected chi connectivity index (χ1v) is 12.3. The number of hydrogen-bond donors (Lipinski definition) is 1. The molecule has 7 nitrogen and oxygen atoms in total. The van der Waals surface area contributed by atoms with E-state index in [0.717, 1.165) is 22.9 Å². The Kier molecular flexibility index (Phi) is 6.43. The predicted octanol–water partition coefficient (Wildman–Crippen LogP) is 2.50. The Morgan fingerprint density at radius 1 is 1.19 bits per heavy atom. The van der Waals surface area contributed by atoms with Crippen molar-refractivity contribution in [2.75, 3.05) is 30.3 Å². The number of aliphatic carboxylic acids is 1. The Bertz CT molecular complexity index is 953. The van der Waals surface area contributed by atoms with Crippen LogP contribution in [0.5, 0.6) is 0 Å². The number of carboxylic acid groups (broad SMARTS) is 1. The molecule has 1 spiro atoms. The molecule has 0 aromatic heterocycles. The molecule has 4 rings (SSSR count). The summed E-state index contributed by atoms with van der Waals surface area (Å²) in [6, 6.07) is 0. The Hall–Kier alpha value is -2.26. The van der Waals surface area contributed by atoms with Gasteiger partial charge in [-0.15, -0.1) is 23.5 Å². The van der Waals surface area contributed by atoms with Gasteiger partial charge in [0.25, 0.3) is 0 Å². The van der Waals surface area contributed by atoms with Crippen LogP contribution in [-0.2, 0) is 23.9 Å². The zero-order valence-corrected chi connectivity index (χ0v) is 18.6. The third kappa shape index (κ3) is 4.67. The molecule has 9 heteroatoms. The van der Waals surface area contributed by atoms with Crippen molar-refractivity contribution in [2.24, 2.45) is 0 Å². The van der Waals surface area contributed by atoms with Crippen molar-refractivity contribution in [2.45, 2.75) is 31.3 Å². The number of carboxylic acids is 1. The van der Waals surface area contributed by atoms with Crippen LogP contribution in [0.2, 0.25) is 0 Å². The summed E-state index contributed by atoms with van der Waals surface area (Å²) in [5, 5.41) is 8.73. The second-order valence-corrected chi connectivity index (χ2v) is 9.89. The second kappa shape index (κ2) is 9.08. The molecule has 2 aliphatic carbocycles. The van der Waals surface area contributed by atoms with Gasteiger partial charge in [0, 0.05) is 43.7 Å². The summed E-state index contributed by atoms with van der Waals surface area (Å²) in [6.45, 7) is 1.04. The van der Waals surface area contributed by atoms with Crippen molar-refractivity contribution in [3.8, 4) is 0 Å². The molecule has 0 aromatic carbocycles. The largest absolute Gasteiger partial charge is 0.485 e. The van der Waals surface area contributed by atoms with Gasteiger partial charge in [0.15, 0.2) is 0 Å². The van der Waals surface area contributed by atoms with E-state index in [2.05, 4.69) is 0 Å². The van der Waals surface area contributed by atoms with Crippen LogP contribution >= 0.6 is 23.5 Å². The molecule has 0 radical (unpaired) electrons. The van der Waals surface area contributed by atoms with Gasteiger partial charge in [0.1, 0.15) is 16.3 Å². The molecular formula is C22H23NO6S2. The number of hydrogen-bond acceptors (Lipinski definition) is 7. The Morgan fingerprint density at radius 2 is 1.97 bits per heavy atom. The highest BCUT2D eigenvalue weighted by molar-refractivity contribution is 8.04. The molecule has 0 bridgehead atoms. The first-order chi connectivity index (χ1) is 14.9. The number of carbonyl (C=O) groups excluding carboxylic acids is 3. The van der Waals surface area contributed by atoms with E-state index in [4.69, 9.17) is 9.84 Å². The van der Waals surface area contributed by atoms with Crippen LogP contribution in [0.15, 0.2) is 46.1 Å². The Balaban J connectivity index is 1.49. The number of rotatable bonds is 4. The first-order valence-electron chi connectivity index (χ1n) is 10.1. The van der Waals surface area contributed by atoms with E-state index in [9.17, 15) is 19.2 Å². The van der Waals surface area contributed by atoms with Crippen LogP contribution < -0.4 is 0 Å². The van der Waals surface area contributed by atoms with Crippen LogP contribution in [0.4, 0.5) is 0 Å². The standard InChI is InChI=1S/C22H23NO6S2/c24-16-10-14-4-2-1-3-5-15(14)20-21(19(16)28)31-13-22(29-20)6-8-23(9-7-22)17(25)11-30-12-18(26)27/h1-4H,5-13H2,(H,26,27). The molecule has 4 aliphatic rings. The number of likely N-dealkylation sites (tertiary alicyclic amines) is 1. The molecule has 0 atom stereocenters. The minimum Gasteiger partial charge on any atom is -0.485 e. The van der Waals surface area contributed by atoms with Gasteiger partial charge in [-0.05, 0) is 12.0 Å². The summed E-state index contributed by atoms with van der Waals surface area (Å²) in [5.41, 5.74) is 1.24. The van der Waals surface area contributed by atoms with Crippen molar-refractivity contribution < 1.29 is 29.0 Å². The lowest BCUT2D eigenvalue weighted by Crippen LogP contribution is -2.51. The predicted molar refractivity (Wildman–Crippen MR) is 119 cm³/mol. The van der Waals surface area contributed by atoms with Crippen LogP contribution in [0.3, 0.4) is 0 Å². The maximum Gasteiger partial charge on any atom is 0.313 e. The Morgan fingerprint density at radius 3 is 2.71 bits per heavy atom. The second-order valence-electron chi connectivity index (χ2n) is 7.92. The van der Waals surface area contributed by atoms with Crippen molar-refractivity contribution in [3.63, 3.8) is 0 Å². The topological polar surface area (TPSA) is 101 Å². The summed E-state index contributed by atoms with van der Waals surface area (Å²) in [7, 11) is 0. The van der Waals surface area contributed by atoms with Crippen LogP contribution in [0.25, 0.3) is 0 Å². The lowest BCUT2D eigenvalue weighted by Gasteiger charge is -2.45. The van der Waals surface area contributed by atoms with Gasteiger partial charge in [-0.25, -0.2) is 0 Å². The van der Waals surface area contributed by atoms with E-state index in [1.54, 1.807) is 4.90 Å². The number of carbonyl (C=O) groups is 4. The lowest BCUT2D eigenvalue weighted by molar-refractivity contribution is -0.134. The van der Waals surface area contributed by atoms with Gasteiger partial charge in [0.2, 0.25) is 17.5 Å². The quantitative estimate of drug-likeness (QED) is 0.638. The lowest BCUT2D eigenvalue weighted by atomic mass is 9.92. The number of amides is 1. The smallest absolute Gasteiger partial charge is 0.313 e. The average Bonchev–Trinajstić information content (AvgIpc) is 3.02. The fraction of sp³-hybridized carbons (Fsp3) is 0.455. The van der Waals surface area contributed by atoms with E-state index in [-0.39, 0.29) is 23.8 Å². The molecule has 164 valence electrons. The number of fused-ring (bicyclic) bond motifs is 1. The van der Waals surface area contributed by atoms with Gasteiger partial charge >= 0.3 is 5.97 Å². The van der Waals surface area contributed by atoms with Gasteiger partial charge in [0.05, 0.1) is 11.5 Å². The van der Waals surface area contributed by atoms with Crippen molar-refractivity contribution in [3.05, 3.63) is 46.1 Å². The number of thioether (sulfide) groups is 2. The summed E-state index contributed by atoms with van der Waals surface area (Å²) < 4.78 is 6.52. The molecule has 0 aromatic rings. The fourth-order valence-electron chi connectivity index (χ4n) is 4.11. The third-order valence-electron chi connectivity index (χ3n) is 5.82. The molecule has 2 aliphatic heterocycles. The molecular weight excluding hydrogens is 438 g/mol. The minimum atomic E-state index is -0.930. The molecule has 0 unspecified atom stereocenters. The van der Waals surface area contributed by atoms with Gasteiger partial charge < -0.3 is 14.7 Å². The zero-order chi connectivity index (χ0) is 22.0. The van der Waals surface area contributed by atoms with E-state index in [0.29, 0.717) is 48.8 Å². The van der Waals surface area contributed by atoms with Crippen molar-refractivity contribution in [1.82, 2.24) is 4.90 Å². The molecule has 2 heterocycles. The maximum absolute atomic E-state index is 12.7. The summed E-state index contributed by atoms with van der Waals surface area (Å²) in [4.78, 5) is 50.3. The SMILES string of the molecule is O=C(O)CSCC(=O)N1CCC2(CC1)CSC1=C(O2)C2=C(C=CC=CC2)CC(=O)C1=O. The number of ether oxygens (including phenoxy) is 1. The van der Waals surface area contributed by atoms with Crippen LogP contribution in [0, 0.1) is 0 Å². The van der Waals surface area contributed by atoms with Crippen LogP contribution in [-0.4, -0.2) is 69.4 Å². The molecule has 31 heavy (non-hydrogen) atoms. The molecule has 1 fully saturated rings. The van der Waals surface area contributed by atoms with E-state index < -0.39 is 23.1 Å². The van der Waals surface area contributed by atoms with Gasteiger partial charge in [-0.3, -0.25) is 19.2 Å². The highest BCUT2D eigenvalue weighted by atomic mass is 32.2. The highest BCUT2D eigenvalue weighted by Crippen LogP contribution is 2.46. The van der Waals surface area contributed by atoms with E-state index in [1.165, 1.54) is 11.8 Å². The van der Waals surface area contributed by atoms with E-state index >= 15 is 0 Å². The molecule has 1 saturated heterocycles. The number of Topliss-reactive ketones (excluding diaryl/α,β-unsaturated/α-hetero) is 2. The third-order valence-corrected chi connectivity index (χ3v) is 8.05. The average molecular weight is 462 g/mol. The minimum absolute atomic E-state index is 0.0660. The molecule has 0 saturated carbocycles.